The molecule has 0 aliphatic heterocycles. The van der Waals surface area contributed by atoms with Crippen molar-refractivity contribution in [3.8, 4) is 0 Å². The fourth-order valence-electron chi connectivity index (χ4n) is 2.96. The van der Waals surface area contributed by atoms with E-state index >= 15 is 0 Å². The number of hydrogen-bond donors (Lipinski definition) is 2. The molecule has 0 unspecified atom stereocenters. The van der Waals surface area contributed by atoms with Crippen LogP contribution in [-0.2, 0) is 4.79 Å². The Kier molecular flexibility index (Phi) is 6.49. The summed E-state index contributed by atoms with van der Waals surface area (Å²) >= 11 is 0. The Morgan fingerprint density at radius 2 is 1.76 bits per heavy atom. The summed E-state index contributed by atoms with van der Waals surface area (Å²) in [6.45, 7) is 7.86. The van der Waals surface area contributed by atoms with Gasteiger partial charge in [-0.2, -0.15) is 0 Å². The number of carboxylic acid groups (broad SMARTS) is 1. The molecule has 0 spiro atoms. The lowest BCUT2D eigenvalue weighted by Gasteiger charge is -2.37. The van der Waals surface area contributed by atoms with E-state index in [9.17, 15) is 9.59 Å². The number of nitrogens with one attached hydrogen (secondary N) is 1. The Morgan fingerprint density at radius 1 is 1.19 bits per heavy atom. The largest absolute Gasteiger partial charge is 0.481 e. The van der Waals surface area contributed by atoms with E-state index in [4.69, 9.17) is 5.11 Å². The third kappa shape index (κ3) is 6.36. The Hall–Kier alpha value is -1.26. The maximum Gasteiger partial charge on any atom is 0.317 e. The number of aliphatic carboxylic acids is 1. The zero-order valence-corrected chi connectivity index (χ0v) is 13.8. The van der Waals surface area contributed by atoms with Gasteiger partial charge < -0.3 is 15.3 Å². The van der Waals surface area contributed by atoms with Gasteiger partial charge in [0.2, 0.25) is 0 Å². The summed E-state index contributed by atoms with van der Waals surface area (Å²) in [5.74, 6) is 0.457. The average molecular weight is 298 g/mol. The standard InChI is InChI=1S/C16H30N2O3/c1-16(2,3)13-7-5-12(6-8-13)11-17-15(21)18(4)10-9-14(19)20/h12-13H,5-11H2,1-4H3,(H,17,21)(H,19,20). The molecule has 0 saturated heterocycles. The van der Waals surface area contributed by atoms with Crippen molar-refractivity contribution in [1.82, 2.24) is 10.2 Å². The summed E-state index contributed by atoms with van der Waals surface area (Å²) in [7, 11) is 1.63. The predicted octanol–water partition coefficient (Wildman–Crippen LogP) is 2.96. The molecule has 0 aromatic rings. The van der Waals surface area contributed by atoms with Gasteiger partial charge in [0.15, 0.2) is 0 Å². The number of amides is 2. The van der Waals surface area contributed by atoms with Gasteiger partial charge in [0.25, 0.3) is 0 Å². The summed E-state index contributed by atoms with van der Waals surface area (Å²) in [5.41, 5.74) is 0.380. The van der Waals surface area contributed by atoms with Crippen LogP contribution in [0.4, 0.5) is 4.79 Å². The molecule has 1 aliphatic carbocycles. The fourth-order valence-corrected chi connectivity index (χ4v) is 2.96. The Morgan fingerprint density at radius 3 is 2.24 bits per heavy atom. The van der Waals surface area contributed by atoms with Gasteiger partial charge in [0.05, 0.1) is 6.42 Å². The first-order valence-corrected chi connectivity index (χ1v) is 7.91. The molecule has 1 saturated carbocycles. The molecule has 1 aliphatic rings. The van der Waals surface area contributed by atoms with Crippen molar-refractivity contribution < 1.29 is 14.7 Å². The summed E-state index contributed by atoms with van der Waals surface area (Å²) in [6, 6.07) is -0.172. The van der Waals surface area contributed by atoms with Crippen molar-refractivity contribution in [2.24, 2.45) is 17.3 Å². The number of carboxylic acids is 1. The van der Waals surface area contributed by atoms with Crippen LogP contribution in [-0.4, -0.2) is 42.1 Å². The van der Waals surface area contributed by atoms with E-state index in [0.29, 0.717) is 17.9 Å². The molecule has 21 heavy (non-hydrogen) atoms. The average Bonchev–Trinajstić information content (AvgIpc) is 2.41. The van der Waals surface area contributed by atoms with E-state index < -0.39 is 5.97 Å². The SMILES string of the molecule is CN(CCC(=O)O)C(=O)NCC1CCC(C(C)(C)C)CC1. The minimum absolute atomic E-state index is 0.0133. The minimum Gasteiger partial charge on any atom is -0.481 e. The molecule has 2 N–H and O–H groups in total. The Labute approximate surface area is 128 Å². The van der Waals surface area contributed by atoms with E-state index in [1.54, 1.807) is 7.05 Å². The highest BCUT2D eigenvalue weighted by molar-refractivity contribution is 5.74. The van der Waals surface area contributed by atoms with Crippen LogP contribution in [0.2, 0.25) is 0 Å². The van der Waals surface area contributed by atoms with Crippen molar-refractivity contribution in [2.45, 2.75) is 52.9 Å². The van der Waals surface area contributed by atoms with Crippen LogP contribution in [0.15, 0.2) is 0 Å². The lowest BCUT2D eigenvalue weighted by Crippen LogP contribution is -2.41. The first kappa shape index (κ1) is 17.8. The second-order valence-electron chi connectivity index (χ2n) is 7.34. The van der Waals surface area contributed by atoms with E-state index in [1.807, 2.05) is 0 Å². The number of carbonyl (C=O) groups is 2. The number of rotatable bonds is 5. The molecular weight excluding hydrogens is 268 g/mol. The summed E-state index contributed by atoms with van der Waals surface area (Å²) in [5, 5.41) is 11.5. The highest BCUT2D eigenvalue weighted by Crippen LogP contribution is 2.39. The molecule has 5 heteroatoms. The van der Waals surface area contributed by atoms with Crippen molar-refractivity contribution >= 4 is 12.0 Å². The second kappa shape index (κ2) is 7.66. The van der Waals surface area contributed by atoms with Gasteiger partial charge in [-0.15, -0.1) is 0 Å². The summed E-state index contributed by atoms with van der Waals surface area (Å²) < 4.78 is 0. The number of urea groups is 1. The van der Waals surface area contributed by atoms with Crippen molar-refractivity contribution in [3.05, 3.63) is 0 Å². The van der Waals surface area contributed by atoms with Gasteiger partial charge >= 0.3 is 12.0 Å². The lowest BCUT2D eigenvalue weighted by molar-refractivity contribution is -0.137. The maximum absolute atomic E-state index is 11.8. The molecule has 5 nitrogen and oxygen atoms in total. The molecule has 0 aromatic heterocycles. The van der Waals surface area contributed by atoms with Gasteiger partial charge in [-0.1, -0.05) is 20.8 Å². The molecular formula is C16H30N2O3. The van der Waals surface area contributed by atoms with Crippen LogP contribution < -0.4 is 5.32 Å². The molecule has 0 bridgehead atoms. The number of carbonyl (C=O) groups excluding carboxylic acids is 1. The van der Waals surface area contributed by atoms with Gasteiger partial charge in [-0.3, -0.25) is 4.79 Å². The molecule has 0 heterocycles. The molecule has 2 amide bonds. The highest BCUT2D eigenvalue weighted by atomic mass is 16.4. The zero-order valence-electron chi connectivity index (χ0n) is 13.8. The third-order valence-electron chi connectivity index (χ3n) is 4.62. The van der Waals surface area contributed by atoms with Crippen LogP contribution in [0.1, 0.15) is 52.9 Å². The first-order chi connectivity index (χ1) is 9.70. The second-order valence-corrected chi connectivity index (χ2v) is 7.34. The monoisotopic (exact) mass is 298 g/mol. The van der Waals surface area contributed by atoms with Crippen molar-refractivity contribution in [3.63, 3.8) is 0 Å². The van der Waals surface area contributed by atoms with Gasteiger partial charge in [0, 0.05) is 20.1 Å². The minimum atomic E-state index is -0.879. The first-order valence-electron chi connectivity index (χ1n) is 7.91. The maximum atomic E-state index is 11.8. The lowest BCUT2D eigenvalue weighted by atomic mass is 9.70. The van der Waals surface area contributed by atoms with E-state index in [1.165, 1.54) is 30.6 Å². The van der Waals surface area contributed by atoms with Crippen molar-refractivity contribution in [1.29, 1.82) is 0 Å². The van der Waals surface area contributed by atoms with Crippen LogP contribution in [0.5, 0.6) is 0 Å². The quantitative estimate of drug-likeness (QED) is 0.820. The van der Waals surface area contributed by atoms with E-state index in [-0.39, 0.29) is 19.0 Å². The topological polar surface area (TPSA) is 69.6 Å². The highest BCUT2D eigenvalue weighted by Gasteiger charge is 2.29. The van der Waals surface area contributed by atoms with Gasteiger partial charge in [-0.05, 0) is 42.9 Å². The molecule has 1 fully saturated rings. The summed E-state index contributed by atoms with van der Waals surface area (Å²) in [4.78, 5) is 23.8. The number of hydrogen-bond acceptors (Lipinski definition) is 2. The molecule has 122 valence electrons. The predicted molar refractivity (Wildman–Crippen MR) is 83.2 cm³/mol. The summed E-state index contributed by atoms with van der Waals surface area (Å²) in [6.07, 6.45) is 4.79. The third-order valence-corrected chi connectivity index (χ3v) is 4.62. The molecule has 0 atom stereocenters. The Bertz CT molecular complexity index is 355. The smallest absolute Gasteiger partial charge is 0.317 e. The molecule has 0 aromatic carbocycles. The van der Waals surface area contributed by atoms with Crippen LogP contribution in [0.25, 0.3) is 0 Å². The van der Waals surface area contributed by atoms with Gasteiger partial charge in [0.1, 0.15) is 0 Å². The molecule has 1 rings (SSSR count). The molecule has 0 radical (unpaired) electrons. The van der Waals surface area contributed by atoms with Crippen LogP contribution in [0.3, 0.4) is 0 Å². The van der Waals surface area contributed by atoms with Crippen LogP contribution in [0, 0.1) is 17.3 Å². The van der Waals surface area contributed by atoms with E-state index in [0.717, 1.165) is 5.92 Å². The fraction of sp³-hybridized carbons (Fsp3) is 0.875. The van der Waals surface area contributed by atoms with Crippen LogP contribution >= 0.6 is 0 Å². The van der Waals surface area contributed by atoms with E-state index in [2.05, 4.69) is 26.1 Å². The number of nitrogens with zero attached hydrogens (tertiary/aromatic N) is 1. The van der Waals surface area contributed by atoms with Crippen molar-refractivity contribution in [2.75, 3.05) is 20.1 Å². The van der Waals surface area contributed by atoms with Gasteiger partial charge in [-0.25, -0.2) is 4.79 Å². The zero-order chi connectivity index (χ0) is 16.0. The Balaban J connectivity index is 2.24. The normalized spacial score (nSPS) is 22.7.